The van der Waals surface area contributed by atoms with Crippen molar-refractivity contribution in [2.45, 2.75) is 11.8 Å². The maximum Gasteiger partial charge on any atom is 0.274 e. The van der Waals surface area contributed by atoms with Crippen LogP contribution in [0.1, 0.15) is 16.1 Å². The van der Waals surface area contributed by atoms with Crippen LogP contribution in [0.15, 0.2) is 65.6 Å². The summed E-state index contributed by atoms with van der Waals surface area (Å²) < 4.78 is 18.6. The molecule has 0 radical (unpaired) electrons. The van der Waals surface area contributed by atoms with Gasteiger partial charge in [0.05, 0.1) is 0 Å². The summed E-state index contributed by atoms with van der Waals surface area (Å²) in [5, 5.41) is 2.66. The number of nitrogens with one attached hydrogen (secondary N) is 1. The number of nitrogens with zero attached hydrogens (tertiary/aromatic N) is 1. The zero-order chi connectivity index (χ0) is 17.8. The molecule has 4 nitrogen and oxygen atoms in total. The molecule has 0 fully saturated rings. The molecule has 1 N–H and O–H groups in total. The molecule has 0 bridgehead atoms. The highest BCUT2D eigenvalue weighted by Gasteiger charge is 2.10. The van der Waals surface area contributed by atoms with E-state index in [9.17, 15) is 9.18 Å². The van der Waals surface area contributed by atoms with Crippen molar-refractivity contribution in [1.82, 2.24) is 4.98 Å². The quantitative estimate of drug-likeness (QED) is 0.658. The zero-order valence-electron chi connectivity index (χ0n) is 13.4. The third kappa shape index (κ3) is 4.36. The molecule has 3 aromatic rings. The molecule has 1 heterocycles. The molecule has 0 unspecified atom stereocenters. The number of halogens is 1. The maximum atomic E-state index is 12.9. The van der Waals surface area contributed by atoms with Crippen molar-refractivity contribution in [2.24, 2.45) is 0 Å². The average Bonchev–Trinajstić information content (AvgIpc) is 2.60. The molecule has 126 valence electrons. The number of aryl methyl sites for hydroxylation is 1. The van der Waals surface area contributed by atoms with Gasteiger partial charge in [-0.05, 0) is 55.0 Å². The van der Waals surface area contributed by atoms with Crippen molar-refractivity contribution in [3.63, 3.8) is 0 Å². The van der Waals surface area contributed by atoms with Crippen LogP contribution in [0.25, 0.3) is 0 Å². The van der Waals surface area contributed by atoms with Crippen molar-refractivity contribution < 1.29 is 13.9 Å². The third-order valence-electron chi connectivity index (χ3n) is 3.39. The molecular formula is C19H15FN2O2S. The van der Waals surface area contributed by atoms with Gasteiger partial charge in [0, 0.05) is 16.6 Å². The highest BCUT2D eigenvalue weighted by Crippen LogP contribution is 2.27. The number of hydrogen-bond acceptors (Lipinski definition) is 4. The highest BCUT2D eigenvalue weighted by atomic mass is 32.1. The average molecular weight is 354 g/mol. The molecule has 0 atom stereocenters. The Labute approximate surface area is 150 Å². The Hall–Kier alpha value is -2.86. The van der Waals surface area contributed by atoms with E-state index >= 15 is 0 Å². The Kier molecular flexibility index (Phi) is 5.00. The third-order valence-corrected chi connectivity index (χ3v) is 3.74. The number of thiol groups is 1. The minimum atomic E-state index is -0.410. The van der Waals surface area contributed by atoms with E-state index in [1.54, 1.807) is 24.3 Å². The Balaban J connectivity index is 1.76. The van der Waals surface area contributed by atoms with Gasteiger partial charge in [0.1, 0.15) is 17.3 Å². The largest absolute Gasteiger partial charge is 0.438 e. The predicted molar refractivity (Wildman–Crippen MR) is 97.1 cm³/mol. The number of pyridine rings is 1. The van der Waals surface area contributed by atoms with Gasteiger partial charge in [0.2, 0.25) is 5.88 Å². The topological polar surface area (TPSA) is 51.2 Å². The molecule has 1 amide bonds. The SMILES string of the molecule is Cc1ccc(Oc2cccc(C(=O)Nc3ccc(F)cc3)n2)c(S)c1. The summed E-state index contributed by atoms with van der Waals surface area (Å²) in [5.41, 5.74) is 1.74. The number of carbonyl (C=O) groups excluding carboxylic acids is 1. The van der Waals surface area contributed by atoms with Gasteiger partial charge < -0.3 is 10.1 Å². The monoisotopic (exact) mass is 354 g/mol. The van der Waals surface area contributed by atoms with Crippen LogP contribution in [0.4, 0.5) is 10.1 Å². The van der Waals surface area contributed by atoms with Crippen LogP contribution in [0.2, 0.25) is 0 Å². The number of amides is 1. The first-order chi connectivity index (χ1) is 12.0. The molecular weight excluding hydrogens is 339 g/mol. The van der Waals surface area contributed by atoms with Crippen LogP contribution in [-0.2, 0) is 0 Å². The Bertz CT molecular complexity index is 914. The lowest BCUT2D eigenvalue weighted by Crippen LogP contribution is -2.13. The molecule has 0 saturated heterocycles. The van der Waals surface area contributed by atoms with E-state index in [1.807, 2.05) is 19.1 Å². The highest BCUT2D eigenvalue weighted by molar-refractivity contribution is 7.80. The molecule has 2 aromatic carbocycles. The first-order valence-electron chi connectivity index (χ1n) is 7.53. The smallest absolute Gasteiger partial charge is 0.274 e. The maximum absolute atomic E-state index is 12.9. The summed E-state index contributed by atoms with van der Waals surface area (Å²) in [5.74, 6) is 0.0580. The zero-order valence-corrected chi connectivity index (χ0v) is 14.3. The lowest BCUT2D eigenvalue weighted by atomic mass is 10.2. The van der Waals surface area contributed by atoms with E-state index < -0.39 is 5.91 Å². The van der Waals surface area contributed by atoms with E-state index in [-0.39, 0.29) is 17.4 Å². The summed E-state index contributed by atoms with van der Waals surface area (Å²) in [6.45, 7) is 1.96. The summed E-state index contributed by atoms with van der Waals surface area (Å²) in [4.78, 5) is 17.2. The number of hydrogen-bond donors (Lipinski definition) is 2. The fourth-order valence-electron chi connectivity index (χ4n) is 2.15. The number of carbonyl (C=O) groups is 1. The van der Waals surface area contributed by atoms with Gasteiger partial charge in [0.15, 0.2) is 0 Å². The molecule has 1 aromatic heterocycles. The summed E-state index contributed by atoms with van der Waals surface area (Å²) in [6.07, 6.45) is 0. The second kappa shape index (κ2) is 7.36. The van der Waals surface area contributed by atoms with Crippen molar-refractivity contribution >= 4 is 24.2 Å². The molecule has 0 saturated carbocycles. The molecule has 0 aliphatic carbocycles. The van der Waals surface area contributed by atoms with E-state index in [2.05, 4.69) is 22.9 Å². The van der Waals surface area contributed by atoms with Gasteiger partial charge >= 0.3 is 0 Å². The van der Waals surface area contributed by atoms with Gasteiger partial charge in [-0.3, -0.25) is 4.79 Å². The van der Waals surface area contributed by atoms with Crippen molar-refractivity contribution in [3.8, 4) is 11.6 Å². The number of rotatable bonds is 4. The van der Waals surface area contributed by atoms with Crippen LogP contribution in [0.5, 0.6) is 11.6 Å². The fourth-order valence-corrected chi connectivity index (χ4v) is 2.48. The van der Waals surface area contributed by atoms with Gasteiger partial charge in [0.25, 0.3) is 5.91 Å². The van der Waals surface area contributed by atoms with Gasteiger partial charge in [-0.25, -0.2) is 9.37 Å². The normalized spacial score (nSPS) is 10.4. The van der Waals surface area contributed by atoms with E-state index in [0.29, 0.717) is 16.3 Å². The number of aromatic nitrogens is 1. The van der Waals surface area contributed by atoms with Crippen LogP contribution in [0, 0.1) is 12.7 Å². The minimum absolute atomic E-state index is 0.189. The van der Waals surface area contributed by atoms with E-state index in [1.165, 1.54) is 24.3 Å². The van der Waals surface area contributed by atoms with Crippen molar-refractivity contribution in [1.29, 1.82) is 0 Å². The number of benzene rings is 2. The van der Waals surface area contributed by atoms with Gasteiger partial charge in [-0.1, -0.05) is 12.1 Å². The van der Waals surface area contributed by atoms with E-state index in [0.717, 1.165) is 5.56 Å². The van der Waals surface area contributed by atoms with Crippen molar-refractivity contribution in [2.75, 3.05) is 5.32 Å². The van der Waals surface area contributed by atoms with Gasteiger partial charge in [-0.2, -0.15) is 0 Å². The lowest BCUT2D eigenvalue weighted by molar-refractivity contribution is 0.102. The first-order valence-corrected chi connectivity index (χ1v) is 7.97. The second-order valence-electron chi connectivity index (χ2n) is 5.40. The lowest BCUT2D eigenvalue weighted by Gasteiger charge is -2.09. The molecule has 3 rings (SSSR count). The molecule has 0 aliphatic rings. The molecule has 6 heteroatoms. The summed E-state index contributed by atoms with van der Waals surface area (Å²) >= 11 is 4.38. The Morgan fingerprint density at radius 1 is 1.12 bits per heavy atom. The molecule has 0 aliphatic heterocycles. The van der Waals surface area contributed by atoms with Gasteiger partial charge in [-0.15, -0.1) is 12.6 Å². The molecule has 0 spiro atoms. The van der Waals surface area contributed by atoms with Crippen LogP contribution in [0.3, 0.4) is 0 Å². The second-order valence-corrected chi connectivity index (χ2v) is 5.88. The predicted octanol–water partition coefficient (Wildman–Crippen LogP) is 4.86. The standard InChI is InChI=1S/C19H15FN2O2S/c1-12-5-10-16(17(25)11-12)24-18-4-2-3-15(22-18)19(23)21-14-8-6-13(20)7-9-14/h2-11,25H,1H3,(H,21,23). The fraction of sp³-hybridized carbons (Fsp3) is 0.0526. The van der Waals surface area contributed by atoms with Crippen LogP contribution in [-0.4, -0.2) is 10.9 Å². The van der Waals surface area contributed by atoms with Crippen molar-refractivity contribution in [3.05, 3.63) is 77.7 Å². The van der Waals surface area contributed by atoms with E-state index in [4.69, 9.17) is 4.74 Å². The van der Waals surface area contributed by atoms with Crippen LogP contribution < -0.4 is 10.1 Å². The van der Waals surface area contributed by atoms with Crippen LogP contribution >= 0.6 is 12.6 Å². The first kappa shape index (κ1) is 17.0. The minimum Gasteiger partial charge on any atom is -0.438 e. The Morgan fingerprint density at radius 3 is 2.60 bits per heavy atom. The number of ether oxygens (including phenoxy) is 1. The Morgan fingerprint density at radius 2 is 1.88 bits per heavy atom. The summed E-state index contributed by atoms with van der Waals surface area (Å²) in [6, 6.07) is 16.0. The number of anilines is 1. The summed E-state index contributed by atoms with van der Waals surface area (Å²) in [7, 11) is 0. The molecule has 25 heavy (non-hydrogen) atoms.